The van der Waals surface area contributed by atoms with Crippen LogP contribution in [0.15, 0.2) is 21.9 Å². The van der Waals surface area contributed by atoms with E-state index >= 15 is 0 Å². The second-order valence-corrected chi connectivity index (χ2v) is 3.11. The molecule has 0 aliphatic rings. The van der Waals surface area contributed by atoms with E-state index in [4.69, 9.17) is 0 Å². The fraction of sp³-hybridized carbons (Fsp3) is 0.500. The Bertz CT molecular complexity index is 486. The summed E-state index contributed by atoms with van der Waals surface area (Å²) >= 11 is 0. The van der Waals surface area contributed by atoms with Crippen LogP contribution < -0.4 is 11.2 Å². The van der Waals surface area contributed by atoms with Crippen molar-refractivity contribution >= 4 is 5.97 Å². The van der Waals surface area contributed by atoms with Crippen LogP contribution in [0.2, 0.25) is 0 Å². The van der Waals surface area contributed by atoms with E-state index in [-0.39, 0.29) is 13.2 Å². The number of carbonyl (C=O) groups is 1. The van der Waals surface area contributed by atoms with Gasteiger partial charge in [-0.05, 0) is 13.8 Å². The van der Waals surface area contributed by atoms with Gasteiger partial charge in [-0.1, -0.05) is 0 Å². The van der Waals surface area contributed by atoms with Crippen molar-refractivity contribution < 1.29 is 9.53 Å². The molecule has 0 amide bonds. The van der Waals surface area contributed by atoms with Crippen LogP contribution >= 0.6 is 0 Å². The van der Waals surface area contributed by atoms with E-state index in [1.165, 1.54) is 16.8 Å². The highest BCUT2D eigenvalue weighted by molar-refractivity contribution is 5.69. The van der Waals surface area contributed by atoms with Gasteiger partial charge in [-0.15, -0.1) is 0 Å². The molecule has 0 N–H and O–H groups in total. The Morgan fingerprint density at radius 2 is 2.06 bits per heavy atom. The van der Waals surface area contributed by atoms with E-state index in [0.717, 1.165) is 4.57 Å². The van der Waals surface area contributed by atoms with Crippen LogP contribution in [-0.2, 0) is 22.6 Å². The summed E-state index contributed by atoms with van der Waals surface area (Å²) in [6.45, 7) is 3.77. The molecule has 0 unspecified atom stereocenters. The number of rotatable bonds is 4. The van der Waals surface area contributed by atoms with E-state index in [0.29, 0.717) is 6.54 Å². The van der Waals surface area contributed by atoms with Crippen molar-refractivity contribution in [3.05, 3.63) is 33.1 Å². The minimum Gasteiger partial charge on any atom is -0.465 e. The van der Waals surface area contributed by atoms with Crippen molar-refractivity contribution in [2.45, 2.75) is 26.9 Å². The van der Waals surface area contributed by atoms with Crippen LogP contribution in [0.3, 0.4) is 0 Å². The largest absolute Gasteiger partial charge is 0.465 e. The van der Waals surface area contributed by atoms with Gasteiger partial charge in [0.25, 0.3) is 5.56 Å². The third kappa shape index (κ3) is 2.59. The zero-order valence-corrected chi connectivity index (χ0v) is 9.30. The fourth-order valence-electron chi connectivity index (χ4n) is 1.28. The van der Waals surface area contributed by atoms with Gasteiger partial charge in [0, 0.05) is 18.8 Å². The molecule has 1 aromatic heterocycles. The molecule has 0 aliphatic carbocycles. The first-order valence-corrected chi connectivity index (χ1v) is 5.06. The summed E-state index contributed by atoms with van der Waals surface area (Å²) in [5, 5.41) is 0. The molecule has 6 heteroatoms. The first-order valence-electron chi connectivity index (χ1n) is 5.06. The first kappa shape index (κ1) is 12.2. The predicted octanol–water partition coefficient (Wildman–Crippen LogP) is -0.407. The summed E-state index contributed by atoms with van der Waals surface area (Å²) in [5.74, 6) is -0.587. The topological polar surface area (TPSA) is 70.3 Å². The number of carbonyl (C=O) groups excluding carboxylic acids is 1. The number of hydrogen-bond donors (Lipinski definition) is 0. The van der Waals surface area contributed by atoms with Crippen molar-refractivity contribution in [3.63, 3.8) is 0 Å². The lowest BCUT2D eigenvalue weighted by atomic mass is 10.5. The predicted molar refractivity (Wildman–Crippen MR) is 57.3 cm³/mol. The Balaban J connectivity index is 3.08. The Labute approximate surface area is 92.1 Å². The fourth-order valence-corrected chi connectivity index (χ4v) is 1.28. The molecule has 88 valence electrons. The molecule has 0 radical (unpaired) electrons. The molecule has 1 heterocycles. The Kier molecular flexibility index (Phi) is 4.04. The maximum Gasteiger partial charge on any atom is 0.331 e. The van der Waals surface area contributed by atoms with Crippen LogP contribution in [-0.4, -0.2) is 21.7 Å². The summed E-state index contributed by atoms with van der Waals surface area (Å²) < 4.78 is 6.89. The first-order chi connectivity index (χ1) is 7.60. The van der Waals surface area contributed by atoms with Gasteiger partial charge in [0.2, 0.25) is 0 Å². The average Bonchev–Trinajstić information content (AvgIpc) is 2.25. The highest BCUT2D eigenvalue weighted by Gasteiger charge is 2.09. The zero-order chi connectivity index (χ0) is 12.1. The molecule has 0 saturated carbocycles. The lowest BCUT2D eigenvalue weighted by molar-refractivity contribution is -0.143. The van der Waals surface area contributed by atoms with E-state index in [1.54, 1.807) is 13.8 Å². The number of hydrogen-bond acceptors (Lipinski definition) is 4. The summed E-state index contributed by atoms with van der Waals surface area (Å²) in [6, 6.07) is 1.25. The number of aryl methyl sites for hydroxylation is 1. The van der Waals surface area contributed by atoms with Crippen molar-refractivity contribution in [2.24, 2.45) is 0 Å². The molecule has 0 aromatic carbocycles. The van der Waals surface area contributed by atoms with Crippen LogP contribution in [0.4, 0.5) is 0 Å². The van der Waals surface area contributed by atoms with Gasteiger partial charge in [-0.25, -0.2) is 9.36 Å². The minimum atomic E-state index is -0.587. The Morgan fingerprint density at radius 3 is 2.62 bits per heavy atom. The highest BCUT2D eigenvalue weighted by atomic mass is 16.5. The lowest BCUT2D eigenvalue weighted by Crippen LogP contribution is -2.40. The lowest BCUT2D eigenvalue weighted by Gasteiger charge is -2.07. The summed E-state index contributed by atoms with van der Waals surface area (Å²) in [7, 11) is 0. The molecule has 1 aromatic rings. The Morgan fingerprint density at radius 1 is 1.38 bits per heavy atom. The van der Waals surface area contributed by atoms with Gasteiger partial charge >= 0.3 is 11.7 Å². The van der Waals surface area contributed by atoms with Gasteiger partial charge in [0.1, 0.15) is 6.54 Å². The molecule has 0 atom stereocenters. The normalized spacial score (nSPS) is 10.1. The van der Waals surface area contributed by atoms with Gasteiger partial charge in [-0.2, -0.15) is 0 Å². The van der Waals surface area contributed by atoms with Crippen LogP contribution in [0.5, 0.6) is 0 Å². The second kappa shape index (κ2) is 5.29. The molecule has 1 rings (SSSR count). The van der Waals surface area contributed by atoms with Crippen LogP contribution in [0.25, 0.3) is 0 Å². The summed E-state index contributed by atoms with van der Waals surface area (Å²) in [5.41, 5.74) is -0.995. The van der Waals surface area contributed by atoms with Crippen molar-refractivity contribution in [1.29, 1.82) is 0 Å². The number of esters is 1. The van der Waals surface area contributed by atoms with Crippen molar-refractivity contribution in [3.8, 4) is 0 Å². The minimum absolute atomic E-state index is 0.225. The molecule has 0 bridgehead atoms. The van der Waals surface area contributed by atoms with E-state index in [1.807, 2.05) is 0 Å². The molecular formula is C10H14N2O4. The molecule has 0 aliphatic heterocycles. The highest BCUT2D eigenvalue weighted by Crippen LogP contribution is 1.83. The monoisotopic (exact) mass is 226 g/mol. The van der Waals surface area contributed by atoms with E-state index < -0.39 is 17.2 Å². The van der Waals surface area contributed by atoms with Crippen molar-refractivity contribution in [2.75, 3.05) is 6.61 Å². The SMILES string of the molecule is CCOC(=O)Cn1c(=O)ccn(CC)c1=O. The molecule has 0 spiro atoms. The number of nitrogens with zero attached hydrogens (tertiary/aromatic N) is 2. The van der Waals surface area contributed by atoms with E-state index in [2.05, 4.69) is 4.74 Å². The summed E-state index contributed by atoms with van der Waals surface area (Å²) in [4.78, 5) is 34.3. The van der Waals surface area contributed by atoms with Gasteiger partial charge in [-0.3, -0.25) is 9.59 Å². The Hall–Kier alpha value is -1.85. The zero-order valence-electron chi connectivity index (χ0n) is 9.30. The number of ether oxygens (including phenoxy) is 1. The standard InChI is InChI=1S/C10H14N2O4/c1-3-11-6-5-8(13)12(10(11)15)7-9(14)16-4-2/h5-6H,3-4,7H2,1-2H3. The maximum absolute atomic E-state index is 11.7. The molecule has 6 nitrogen and oxygen atoms in total. The molecule has 16 heavy (non-hydrogen) atoms. The summed E-state index contributed by atoms with van der Waals surface area (Å²) in [6.07, 6.45) is 1.41. The quantitative estimate of drug-likeness (QED) is 0.654. The van der Waals surface area contributed by atoms with E-state index in [9.17, 15) is 14.4 Å². The maximum atomic E-state index is 11.7. The van der Waals surface area contributed by atoms with Gasteiger partial charge in [0.05, 0.1) is 6.61 Å². The third-order valence-electron chi connectivity index (χ3n) is 2.07. The van der Waals surface area contributed by atoms with Crippen LogP contribution in [0.1, 0.15) is 13.8 Å². The average molecular weight is 226 g/mol. The smallest absolute Gasteiger partial charge is 0.331 e. The van der Waals surface area contributed by atoms with Crippen molar-refractivity contribution in [1.82, 2.24) is 9.13 Å². The van der Waals surface area contributed by atoms with Gasteiger partial charge in [0.15, 0.2) is 0 Å². The number of aromatic nitrogens is 2. The molecule has 0 fully saturated rings. The molecule has 0 saturated heterocycles. The van der Waals surface area contributed by atoms with Gasteiger partial charge < -0.3 is 9.30 Å². The molecular weight excluding hydrogens is 212 g/mol. The third-order valence-corrected chi connectivity index (χ3v) is 2.07. The second-order valence-electron chi connectivity index (χ2n) is 3.11. The van der Waals surface area contributed by atoms with Crippen LogP contribution in [0, 0.1) is 0 Å².